The van der Waals surface area contributed by atoms with Crippen LogP contribution < -0.4 is 5.73 Å². The second kappa shape index (κ2) is 16.5. The minimum Gasteiger partial charge on any atom is -0.380 e. The summed E-state index contributed by atoms with van der Waals surface area (Å²) in [7, 11) is 0. The lowest BCUT2D eigenvalue weighted by atomic mass is 9.64. The summed E-state index contributed by atoms with van der Waals surface area (Å²) in [6.45, 7) is 13.5. The number of likely N-dealkylation sites (tertiary alicyclic amines) is 2. The van der Waals surface area contributed by atoms with Crippen LogP contribution in [0.5, 0.6) is 0 Å². The fourth-order valence-corrected chi connectivity index (χ4v) is 7.84. The summed E-state index contributed by atoms with van der Waals surface area (Å²) in [5, 5.41) is 0. The number of ether oxygens (including phenoxy) is 1. The Hall–Kier alpha value is -3.03. The first-order chi connectivity index (χ1) is 22.0. The van der Waals surface area contributed by atoms with Crippen molar-refractivity contribution in [2.24, 2.45) is 11.7 Å². The number of primary amides is 1. The molecule has 0 radical (unpaired) electrons. The average Bonchev–Trinajstić information content (AvgIpc) is 3.53. The smallest absolute Gasteiger partial charge is 0.232 e. The molecule has 6 nitrogen and oxygen atoms in total. The van der Waals surface area contributed by atoms with Crippen LogP contribution in [0, 0.1) is 5.92 Å². The summed E-state index contributed by atoms with van der Waals surface area (Å²) in [5.74, 6) is -0.114. The molecule has 3 aromatic rings. The van der Waals surface area contributed by atoms with Gasteiger partial charge >= 0.3 is 0 Å². The van der Waals surface area contributed by atoms with E-state index < -0.39 is 5.41 Å². The van der Waals surface area contributed by atoms with E-state index in [9.17, 15) is 4.79 Å². The Morgan fingerprint density at radius 1 is 0.822 bits per heavy atom. The van der Waals surface area contributed by atoms with E-state index in [0.29, 0.717) is 12.1 Å². The van der Waals surface area contributed by atoms with Crippen molar-refractivity contribution < 1.29 is 9.53 Å². The monoisotopic (exact) mass is 610 g/mol. The molecule has 2 fully saturated rings. The maximum Gasteiger partial charge on any atom is 0.232 e. The maximum atomic E-state index is 13.3. The van der Waals surface area contributed by atoms with Gasteiger partial charge in [0.2, 0.25) is 5.91 Å². The highest BCUT2D eigenvalue weighted by molar-refractivity contribution is 5.91. The third kappa shape index (κ3) is 8.42. The molecular weight excluding hydrogens is 556 g/mol. The van der Waals surface area contributed by atoms with E-state index in [1.54, 1.807) is 0 Å². The van der Waals surface area contributed by atoms with E-state index in [1.165, 1.54) is 18.4 Å². The molecule has 45 heavy (non-hydrogen) atoms. The summed E-state index contributed by atoms with van der Waals surface area (Å²) < 4.78 is 6.16. The van der Waals surface area contributed by atoms with Crippen LogP contribution in [-0.4, -0.2) is 85.2 Å². The first kappa shape index (κ1) is 33.3. The molecule has 2 N–H and O–H groups in total. The van der Waals surface area contributed by atoms with E-state index in [-0.39, 0.29) is 11.8 Å². The predicted octanol–water partition coefficient (Wildman–Crippen LogP) is 5.95. The minimum atomic E-state index is -0.818. The number of carbonyl (C=O) groups excluding carboxylic acids is 1. The minimum absolute atomic E-state index is 0.142. The normalized spacial score (nSPS) is 18.6. The number of amides is 1. The second-order valence-electron chi connectivity index (χ2n) is 13.3. The number of rotatable bonds is 16. The van der Waals surface area contributed by atoms with Gasteiger partial charge in [-0.3, -0.25) is 14.6 Å². The van der Waals surface area contributed by atoms with Crippen LogP contribution >= 0.6 is 0 Å². The van der Waals surface area contributed by atoms with Gasteiger partial charge in [0.1, 0.15) is 5.41 Å². The highest BCUT2D eigenvalue weighted by Gasteiger charge is 2.49. The number of hydrogen-bond donors (Lipinski definition) is 1. The molecule has 6 heteroatoms. The van der Waals surface area contributed by atoms with Crippen molar-refractivity contribution in [3.8, 4) is 0 Å². The number of carbonyl (C=O) groups is 1. The highest BCUT2D eigenvalue weighted by atomic mass is 16.5. The third-order valence-electron chi connectivity index (χ3n) is 10.2. The van der Waals surface area contributed by atoms with E-state index in [0.717, 1.165) is 89.4 Å². The highest BCUT2D eigenvalue weighted by Crippen LogP contribution is 2.43. The first-order valence-electron chi connectivity index (χ1n) is 17.2. The average molecular weight is 611 g/mol. The fourth-order valence-electron chi connectivity index (χ4n) is 7.84. The Labute approximate surface area is 271 Å². The van der Waals surface area contributed by atoms with Crippen LogP contribution in [0.1, 0.15) is 62.6 Å². The number of piperidine rings is 1. The zero-order valence-corrected chi connectivity index (χ0v) is 27.5. The summed E-state index contributed by atoms with van der Waals surface area (Å²) in [4.78, 5) is 21.1. The lowest BCUT2D eigenvalue weighted by Gasteiger charge is -2.40. The quantitative estimate of drug-likeness (QED) is 0.203. The largest absolute Gasteiger partial charge is 0.380 e. The molecule has 2 heterocycles. The molecule has 0 saturated carbocycles. The molecule has 1 amide bonds. The third-order valence-corrected chi connectivity index (χ3v) is 10.2. The van der Waals surface area contributed by atoms with Crippen molar-refractivity contribution in [2.75, 3.05) is 52.5 Å². The van der Waals surface area contributed by atoms with Crippen molar-refractivity contribution >= 4 is 5.91 Å². The summed E-state index contributed by atoms with van der Waals surface area (Å²) in [6.07, 6.45) is 5.57. The molecule has 3 aromatic carbocycles. The zero-order chi connectivity index (χ0) is 31.5. The van der Waals surface area contributed by atoms with Crippen molar-refractivity contribution in [3.63, 3.8) is 0 Å². The van der Waals surface area contributed by atoms with Crippen LogP contribution in [0.15, 0.2) is 91.0 Å². The van der Waals surface area contributed by atoms with E-state index in [1.807, 2.05) is 36.4 Å². The summed E-state index contributed by atoms with van der Waals surface area (Å²) >= 11 is 0. The second-order valence-corrected chi connectivity index (χ2v) is 13.3. The summed E-state index contributed by atoms with van der Waals surface area (Å²) in [6, 6.07) is 32.3. The molecule has 2 saturated heterocycles. The molecule has 0 aromatic heterocycles. The molecule has 5 rings (SSSR count). The van der Waals surface area contributed by atoms with E-state index in [2.05, 4.69) is 83.1 Å². The van der Waals surface area contributed by atoms with Crippen LogP contribution in [0.2, 0.25) is 0 Å². The fraction of sp³-hybridized carbons (Fsp3) is 0.513. The topological polar surface area (TPSA) is 62.0 Å². The van der Waals surface area contributed by atoms with Crippen molar-refractivity contribution in [2.45, 2.75) is 70.0 Å². The molecular formula is C39H54N4O2. The molecule has 1 atom stereocenters. The predicted molar refractivity (Wildman–Crippen MR) is 184 cm³/mol. The SMILES string of the molecule is CC(C)N(CCOCCCCN1CCC(C(C(N)=O)(c2ccccc2)c2ccccc2)C1)C1CCN(Cc2ccccc2)CC1. The number of nitrogens with zero attached hydrogens (tertiary/aromatic N) is 3. The van der Waals surface area contributed by atoms with Crippen molar-refractivity contribution in [1.82, 2.24) is 14.7 Å². The Kier molecular flexibility index (Phi) is 12.2. The van der Waals surface area contributed by atoms with Crippen LogP contribution in [0.4, 0.5) is 0 Å². The molecule has 0 bridgehead atoms. The van der Waals surface area contributed by atoms with Crippen molar-refractivity contribution in [1.29, 1.82) is 0 Å². The van der Waals surface area contributed by atoms with Crippen molar-refractivity contribution in [3.05, 3.63) is 108 Å². The number of hydrogen-bond acceptors (Lipinski definition) is 5. The number of benzene rings is 3. The Bertz CT molecular complexity index is 1240. The van der Waals surface area contributed by atoms with Gasteiger partial charge < -0.3 is 15.4 Å². The Morgan fingerprint density at radius 2 is 1.40 bits per heavy atom. The van der Waals surface area contributed by atoms with E-state index in [4.69, 9.17) is 10.5 Å². The molecule has 242 valence electrons. The Balaban J connectivity index is 1.03. The van der Waals surface area contributed by atoms with Gasteiger partial charge in [-0.1, -0.05) is 91.0 Å². The standard InChI is InChI=1S/C39H54N4O2/c1-32(2)43(37-21-25-42(26-22-37)30-33-14-6-3-7-15-33)27-29-45-28-13-12-23-41-24-20-36(31-41)39(38(40)44,34-16-8-4-9-17-34)35-18-10-5-11-19-35/h3-11,14-19,32,36-37H,12-13,20-31H2,1-2H3,(H2,40,44). The zero-order valence-electron chi connectivity index (χ0n) is 27.5. The Morgan fingerprint density at radius 3 is 1.98 bits per heavy atom. The number of unbranched alkanes of at least 4 members (excludes halogenated alkanes) is 1. The van der Waals surface area contributed by atoms with Gasteiger partial charge in [-0.2, -0.15) is 0 Å². The van der Waals surface area contributed by atoms with Gasteiger partial charge in [-0.15, -0.1) is 0 Å². The lowest BCUT2D eigenvalue weighted by molar-refractivity contribution is -0.123. The van der Waals surface area contributed by atoms with Crippen LogP contribution in [0.25, 0.3) is 0 Å². The number of nitrogens with two attached hydrogens (primary N) is 1. The van der Waals surface area contributed by atoms with Crippen LogP contribution in [0.3, 0.4) is 0 Å². The molecule has 1 unspecified atom stereocenters. The molecule has 2 aliphatic rings. The van der Waals surface area contributed by atoms with Crippen LogP contribution in [-0.2, 0) is 21.5 Å². The lowest BCUT2D eigenvalue weighted by Crippen LogP contribution is -2.49. The maximum absolute atomic E-state index is 13.3. The van der Waals surface area contributed by atoms with Gasteiger partial charge in [0.25, 0.3) is 0 Å². The van der Waals surface area contributed by atoms with Gasteiger partial charge in [-0.05, 0) is 94.7 Å². The molecule has 0 spiro atoms. The van der Waals surface area contributed by atoms with Gasteiger partial charge in [-0.25, -0.2) is 0 Å². The summed E-state index contributed by atoms with van der Waals surface area (Å²) in [5.41, 5.74) is 8.86. The van der Waals surface area contributed by atoms with Gasteiger partial charge in [0.05, 0.1) is 6.61 Å². The molecule has 2 aliphatic heterocycles. The molecule has 0 aliphatic carbocycles. The van der Waals surface area contributed by atoms with E-state index >= 15 is 0 Å². The first-order valence-corrected chi connectivity index (χ1v) is 17.2. The van der Waals surface area contributed by atoms with Gasteiger partial charge in [0.15, 0.2) is 0 Å². The van der Waals surface area contributed by atoms with Gasteiger partial charge in [0, 0.05) is 38.3 Å².